The van der Waals surface area contributed by atoms with Crippen LogP contribution in [0.5, 0.6) is 0 Å². The second-order valence-corrected chi connectivity index (χ2v) is 12.5. The fourth-order valence-electron chi connectivity index (χ4n) is 4.29. The van der Waals surface area contributed by atoms with Crippen molar-refractivity contribution < 1.29 is 37.6 Å². The highest BCUT2D eigenvalue weighted by Crippen LogP contribution is 2.43. The maximum Gasteiger partial charge on any atom is 0.472 e. The van der Waals surface area contributed by atoms with Crippen LogP contribution < -0.4 is 5.73 Å². The van der Waals surface area contributed by atoms with Crippen LogP contribution in [0.15, 0.2) is 36.5 Å². The summed E-state index contributed by atoms with van der Waals surface area (Å²) in [5.41, 5.74) is 5.31. The molecule has 0 aromatic rings. The van der Waals surface area contributed by atoms with Gasteiger partial charge >= 0.3 is 19.8 Å². The van der Waals surface area contributed by atoms with Gasteiger partial charge in [0.25, 0.3) is 0 Å². The van der Waals surface area contributed by atoms with Gasteiger partial charge in [0.1, 0.15) is 6.61 Å². The molecule has 0 heterocycles. The number of unbranched alkanes of at least 4 members (excludes halogenated alkanes) is 12. The zero-order valence-electron chi connectivity index (χ0n) is 27.6. The lowest BCUT2D eigenvalue weighted by molar-refractivity contribution is -0.161. The van der Waals surface area contributed by atoms with E-state index in [0.717, 1.165) is 70.6 Å². The molecule has 10 heteroatoms. The quantitative estimate of drug-likeness (QED) is 0.0329. The van der Waals surface area contributed by atoms with Crippen molar-refractivity contribution in [2.75, 3.05) is 26.4 Å². The zero-order chi connectivity index (χ0) is 32.6. The number of phosphoric acid groups is 1. The molecule has 0 aliphatic rings. The van der Waals surface area contributed by atoms with Gasteiger partial charge in [-0.2, -0.15) is 0 Å². The van der Waals surface area contributed by atoms with Crippen molar-refractivity contribution in [1.82, 2.24) is 0 Å². The summed E-state index contributed by atoms with van der Waals surface area (Å²) in [5.74, 6) is -0.857. The highest BCUT2D eigenvalue weighted by Gasteiger charge is 2.25. The number of nitrogens with two attached hydrogens (primary N) is 1. The lowest BCUT2D eigenvalue weighted by Crippen LogP contribution is -2.29. The normalized spacial score (nSPS) is 14.0. The first-order valence-corrected chi connectivity index (χ1v) is 18.5. The zero-order valence-corrected chi connectivity index (χ0v) is 28.5. The maximum atomic E-state index is 12.4. The number of rotatable bonds is 31. The van der Waals surface area contributed by atoms with Gasteiger partial charge in [-0.3, -0.25) is 18.6 Å². The van der Waals surface area contributed by atoms with E-state index in [9.17, 15) is 19.0 Å². The van der Waals surface area contributed by atoms with Crippen LogP contribution in [0.4, 0.5) is 0 Å². The molecule has 3 N–H and O–H groups in total. The van der Waals surface area contributed by atoms with Gasteiger partial charge in [0.2, 0.25) is 0 Å². The Bertz CT molecular complexity index is 830. The Morgan fingerprint density at radius 1 is 0.705 bits per heavy atom. The summed E-state index contributed by atoms with van der Waals surface area (Å²) >= 11 is 0. The van der Waals surface area contributed by atoms with Crippen LogP contribution in [0, 0.1) is 0 Å². The standard InChI is InChI=1S/C34H62NO8P/c1-3-5-7-9-11-13-14-15-16-17-18-19-21-22-24-26-33(36)40-30-32(31-42-44(38,39)41-29-28-35)43-34(37)27-25-23-20-12-10-8-6-4-2/h5,7,11,13,15-16,32H,3-4,6,8-10,12,14,17-31,35H2,1-2H3,(H,38,39)/b7-5+,13-11+,16-15+/t32-/m0/s1. The average molecular weight is 644 g/mol. The summed E-state index contributed by atoms with van der Waals surface area (Å²) in [4.78, 5) is 34.5. The van der Waals surface area contributed by atoms with Crippen molar-refractivity contribution >= 4 is 19.8 Å². The summed E-state index contributed by atoms with van der Waals surface area (Å²) in [6, 6.07) is 0. The molecule has 0 radical (unpaired) electrons. The molecule has 256 valence electrons. The molecule has 2 atom stereocenters. The van der Waals surface area contributed by atoms with E-state index >= 15 is 0 Å². The number of hydrogen-bond acceptors (Lipinski definition) is 8. The molecule has 0 saturated heterocycles. The molecule has 0 bridgehead atoms. The second-order valence-electron chi connectivity index (χ2n) is 11.0. The first-order valence-electron chi connectivity index (χ1n) is 17.0. The van der Waals surface area contributed by atoms with Gasteiger partial charge in [-0.15, -0.1) is 0 Å². The number of ether oxygens (including phenoxy) is 2. The van der Waals surface area contributed by atoms with Crippen molar-refractivity contribution in [3.8, 4) is 0 Å². The van der Waals surface area contributed by atoms with Crippen molar-refractivity contribution in [3.05, 3.63) is 36.5 Å². The minimum atomic E-state index is -4.36. The smallest absolute Gasteiger partial charge is 0.462 e. The molecule has 0 spiro atoms. The van der Waals surface area contributed by atoms with Crippen molar-refractivity contribution in [2.45, 2.75) is 142 Å². The number of carbonyl (C=O) groups excluding carboxylic acids is 2. The molecular weight excluding hydrogens is 581 g/mol. The summed E-state index contributed by atoms with van der Waals surface area (Å²) < 4.78 is 32.4. The maximum absolute atomic E-state index is 12.4. The number of carbonyl (C=O) groups is 2. The third kappa shape index (κ3) is 30.3. The van der Waals surface area contributed by atoms with E-state index in [1.165, 1.54) is 25.7 Å². The summed E-state index contributed by atoms with van der Waals surface area (Å²) in [5, 5.41) is 0. The topological polar surface area (TPSA) is 134 Å². The van der Waals surface area contributed by atoms with Gasteiger partial charge in [-0.25, -0.2) is 4.57 Å². The van der Waals surface area contributed by atoms with E-state index in [1.54, 1.807) is 0 Å². The largest absolute Gasteiger partial charge is 0.472 e. The summed E-state index contributed by atoms with van der Waals surface area (Å²) in [6.45, 7) is 3.53. The highest BCUT2D eigenvalue weighted by molar-refractivity contribution is 7.47. The third-order valence-electron chi connectivity index (χ3n) is 6.79. The summed E-state index contributed by atoms with van der Waals surface area (Å²) in [7, 11) is -4.36. The van der Waals surface area contributed by atoms with Gasteiger partial charge < -0.3 is 20.1 Å². The Morgan fingerprint density at radius 2 is 1.25 bits per heavy atom. The van der Waals surface area contributed by atoms with Gasteiger partial charge in [0, 0.05) is 19.4 Å². The van der Waals surface area contributed by atoms with E-state index in [-0.39, 0.29) is 32.6 Å². The van der Waals surface area contributed by atoms with Crippen LogP contribution in [-0.2, 0) is 32.7 Å². The molecule has 0 rings (SSSR count). The molecule has 0 aliphatic heterocycles. The van der Waals surface area contributed by atoms with Crippen LogP contribution in [0.1, 0.15) is 136 Å². The predicted octanol–water partition coefficient (Wildman–Crippen LogP) is 8.65. The van der Waals surface area contributed by atoms with Crippen LogP contribution in [0.25, 0.3) is 0 Å². The number of phosphoric ester groups is 1. The fourth-order valence-corrected chi connectivity index (χ4v) is 5.06. The fraction of sp³-hybridized carbons (Fsp3) is 0.765. The predicted molar refractivity (Wildman–Crippen MR) is 178 cm³/mol. The second kappa shape index (κ2) is 31.2. The molecule has 0 aromatic heterocycles. The molecule has 0 saturated carbocycles. The van der Waals surface area contributed by atoms with Gasteiger partial charge in [-0.05, 0) is 44.9 Å². The Morgan fingerprint density at radius 3 is 1.86 bits per heavy atom. The summed E-state index contributed by atoms with van der Waals surface area (Å²) in [6.07, 6.45) is 30.5. The molecule has 1 unspecified atom stereocenters. The molecule has 0 amide bonds. The van der Waals surface area contributed by atoms with E-state index in [1.807, 2.05) is 0 Å². The first kappa shape index (κ1) is 42.2. The van der Waals surface area contributed by atoms with E-state index < -0.39 is 32.5 Å². The van der Waals surface area contributed by atoms with Crippen molar-refractivity contribution in [2.24, 2.45) is 5.73 Å². The minimum Gasteiger partial charge on any atom is -0.462 e. The molecular formula is C34H62NO8P. The lowest BCUT2D eigenvalue weighted by Gasteiger charge is -2.19. The van der Waals surface area contributed by atoms with Gasteiger partial charge in [0.05, 0.1) is 13.2 Å². The van der Waals surface area contributed by atoms with Gasteiger partial charge in [0.15, 0.2) is 6.10 Å². The molecule has 0 aliphatic carbocycles. The lowest BCUT2D eigenvalue weighted by atomic mass is 10.1. The Kier molecular flexibility index (Phi) is 30.0. The number of allylic oxidation sites excluding steroid dienone is 6. The monoisotopic (exact) mass is 643 g/mol. The van der Waals surface area contributed by atoms with Crippen molar-refractivity contribution in [3.63, 3.8) is 0 Å². The van der Waals surface area contributed by atoms with E-state index in [4.69, 9.17) is 24.3 Å². The number of hydrogen-bond donors (Lipinski definition) is 2. The Balaban J connectivity index is 4.27. The first-order chi connectivity index (χ1) is 21.3. The Labute approximate surface area is 267 Å². The SMILES string of the molecule is CC/C=C/C/C=C/C/C=C/CCCCCCCC(=O)OC[C@@H](COP(=O)(O)OCCN)OC(=O)CCCCCCCCCC. The Hall–Kier alpha value is -1.77. The molecule has 9 nitrogen and oxygen atoms in total. The van der Waals surface area contributed by atoms with E-state index in [0.29, 0.717) is 12.8 Å². The minimum absolute atomic E-state index is 0.0506. The number of esters is 2. The van der Waals surface area contributed by atoms with Gasteiger partial charge in [-0.1, -0.05) is 115 Å². The van der Waals surface area contributed by atoms with Crippen LogP contribution >= 0.6 is 7.82 Å². The molecule has 0 fully saturated rings. The van der Waals surface area contributed by atoms with Crippen molar-refractivity contribution in [1.29, 1.82) is 0 Å². The van der Waals surface area contributed by atoms with Crippen LogP contribution in [-0.4, -0.2) is 49.3 Å². The van der Waals surface area contributed by atoms with E-state index in [2.05, 4.69) is 50.3 Å². The highest BCUT2D eigenvalue weighted by atomic mass is 31.2. The average Bonchev–Trinajstić information content (AvgIpc) is 3.00. The van der Waals surface area contributed by atoms with Crippen LogP contribution in [0.3, 0.4) is 0 Å². The van der Waals surface area contributed by atoms with Crippen LogP contribution in [0.2, 0.25) is 0 Å². The molecule has 44 heavy (non-hydrogen) atoms. The third-order valence-corrected chi connectivity index (χ3v) is 7.77. The molecule has 0 aromatic carbocycles.